The van der Waals surface area contributed by atoms with Gasteiger partial charge in [0.15, 0.2) is 0 Å². The van der Waals surface area contributed by atoms with E-state index >= 15 is 0 Å². The number of rotatable bonds is 10. The minimum atomic E-state index is -4.57. The molecule has 216 valence electrons. The second-order valence-corrected chi connectivity index (χ2v) is 10.8. The molecule has 0 unspecified atom stereocenters. The molecule has 0 saturated heterocycles. The molecule has 0 heterocycles. The lowest BCUT2D eigenvalue weighted by Gasteiger charge is -2.29. The van der Waals surface area contributed by atoms with E-state index in [-0.39, 0.29) is 29.8 Å². The maximum Gasteiger partial charge on any atom is 0.416 e. The third-order valence-electron chi connectivity index (χ3n) is 6.32. The Morgan fingerprint density at radius 3 is 2.15 bits per heavy atom. The Kier molecular flexibility index (Phi) is 11.7. The summed E-state index contributed by atoms with van der Waals surface area (Å²) in [6.45, 7) is -0.766. The van der Waals surface area contributed by atoms with Gasteiger partial charge in [0, 0.05) is 12.0 Å². The molecule has 0 spiro atoms. The fraction of sp³-hybridized carbons (Fsp3) is 0.440. The van der Waals surface area contributed by atoms with E-state index in [0.717, 1.165) is 12.1 Å². The number of sulfonamides is 1. The number of aliphatic hydroxyl groups excluding tert-OH is 1. The summed E-state index contributed by atoms with van der Waals surface area (Å²) in [4.78, 5) is 24.6. The van der Waals surface area contributed by atoms with Gasteiger partial charge < -0.3 is 20.9 Å². The van der Waals surface area contributed by atoms with Gasteiger partial charge in [0.05, 0.1) is 23.1 Å². The quantitative estimate of drug-likeness (QED) is 0.310. The number of aliphatic hydroxyl groups is 1. The highest BCUT2D eigenvalue weighted by Crippen LogP contribution is 2.30. The molecule has 5 N–H and O–H groups in total. The number of alkyl halides is 3. The van der Waals surface area contributed by atoms with Crippen LogP contribution in [0.15, 0.2) is 59.5 Å². The average molecular weight is 594 g/mol. The second-order valence-electron chi connectivity index (χ2n) is 9.08. The lowest BCUT2D eigenvalue weighted by Crippen LogP contribution is -2.43. The summed E-state index contributed by atoms with van der Waals surface area (Å²) in [5.74, 6) is -1.50. The molecule has 2 atom stereocenters. The van der Waals surface area contributed by atoms with Gasteiger partial charge in [0.2, 0.25) is 15.9 Å². The fourth-order valence-electron chi connectivity index (χ4n) is 4.13. The second kappa shape index (κ2) is 14.1. The van der Waals surface area contributed by atoms with Crippen LogP contribution >= 0.6 is 12.4 Å². The van der Waals surface area contributed by atoms with Crippen LogP contribution in [0.25, 0.3) is 0 Å². The Balaban J connectivity index is 0.00000533. The number of halogens is 4. The van der Waals surface area contributed by atoms with Gasteiger partial charge in [-0.1, -0.05) is 30.3 Å². The molecule has 39 heavy (non-hydrogen) atoms. The number of amides is 1. The highest BCUT2D eigenvalue weighted by molar-refractivity contribution is 7.89. The number of nitrogens with two attached hydrogens (primary N) is 1. The van der Waals surface area contributed by atoms with Gasteiger partial charge in [-0.2, -0.15) is 13.2 Å². The highest BCUT2D eigenvalue weighted by atomic mass is 35.5. The summed E-state index contributed by atoms with van der Waals surface area (Å²) >= 11 is 0. The van der Waals surface area contributed by atoms with Gasteiger partial charge in [0.25, 0.3) is 0 Å². The number of ether oxygens (including phenoxy) is 1. The average Bonchev–Trinajstić information content (AvgIpc) is 2.90. The van der Waals surface area contributed by atoms with Crippen molar-refractivity contribution in [2.24, 2.45) is 11.7 Å². The topological polar surface area (TPSA) is 148 Å². The van der Waals surface area contributed by atoms with E-state index < -0.39 is 58.4 Å². The SMILES string of the molecule is Cl.N[C@@H](CO)C(=O)OC[C@@H](NC(=O)C1CCC(NS(=O)(=O)c2ccc(C(F)(F)F)cc2)CC1)c1ccccc1. The number of benzene rings is 2. The molecular weight excluding hydrogens is 563 g/mol. The largest absolute Gasteiger partial charge is 0.462 e. The summed E-state index contributed by atoms with van der Waals surface area (Å²) < 4.78 is 71.2. The minimum Gasteiger partial charge on any atom is -0.462 e. The van der Waals surface area contributed by atoms with Crippen molar-refractivity contribution in [3.05, 3.63) is 65.7 Å². The van der Waals surface area contributed by atoms with Crippen molar-refractivity contribution in [2.45, 2.75) is 54.9 Å². The lowest BCUT2D eigenvalue weighted by molar-refractivity contribution is -0.147. The van der Waals surface area contributed by atoms with E-state index in [1.165, 1.54) is 0 Å². The molecule has 0 radical (unpaired) electrons. The van der Waals surface area contributed by atoms with Crippen LogP contribution in [-0.2, 0) is 30.5 Å². The Bertz CT molecular complexity index is 1190. The zero-order chi connectivity index (χ0) is 27.9. The minimum absolute atomic E-state index is 0. The van der Waals surface area contributed by atoms with Crippen LogP contribution in [0.5, 0.6) is 0 Å². The van der Waals surface area contributed by atoms with Crippen LogP contribution in [-0.4, -0.2) is 50.7 Å². The maximum absolute atomic E-state index is 13.0. The van der Waals surface area contributed by atoms with Crippen LogP contribution in [0.4, 0.5) is 13.2 Å². The third-order valence-corrected chi connectivity index (χ3v) is 7.86. The first-order chi connectivity index (χ1) is 17.9. The van der Waals surface area contributed by atoms with Gasteiger partial charge in [-0.3, -0.25) is 9.59 Å². The maximum atomic E-state index is 13.0. The van der Waals surface area contributed by atoms with Crippen molar-refractivity contribution < 1.29 is 41.0 Å². The van der Waals surface area contributed by atoms with Crippen molar-refractivity contribution in [1.29, 1.82) is 0 Å². The molecule has 3 rings (SSSR count). The standard InChI is InChI=1S/C25H30F3N3O6S.ClH/c26-25(27,28)18-8-12-20(13-9-18)38(35,36)31-19-10-6-17(7-11-19)23(33)30-22(16-4-2-1-3-5-16)15-37-24(34)21(29)14-32;/h1-5,8-9,12-13,17,19,21-22,31-32H,6-7,10-11,14-15,29H2,(H,30,33);1H/t17?,19?,21-,22+;/m0./s1. The fourth-order valence-corrected chi connectivity index (χ4v) is 5.43. The number of hydrogen-bond acceptors (Lipinski definition) is 7. The summed E-state index contributed by atoms with van der Waals surface area (Å²) in [5.41, 5.74) is 5.23. The van der Waals surface area contributed by atoms with Crippen LogP contribution in [0, 0.1) is 5.92 Å². The van der Waals surface area contributed by atoms with Crippen LogP contribution in [0.1, 0.15) is 42.9 Å². The highest BCUT2D eigenvalue weighted by Gasteiger charge is 2.33. The van der Waals surface area contributed by atoms with Crippen molar-refractivity contribution in [3.8, 4) is 0 Å². The smallest absolute Gasteiger partial charge is 0.416 e. The normalized spacial score (nSPS) is 19.3. The Morgan fingerprint density at radius 2 is 1.62 bits per heavy atom. The van der Waals surface area contributed by atoms with Crippen LogP contribution in [0.2, 0.25) is 0 Å². The molecule has 14 heteroatoms. The van der Waals surface area contributed by atoms with Crippen molar-refractivity contribution in [3.63, 3.8) is 0 Å². The lowest BCUT2D eigenvalue weighted by atomic mass is 9.85. The molecule has 0 aromatic heterocycles. The third kappa shape index (κ3) is 9.17. The number of nitrogens with one attached hydrogen (secondary N) is 2. The van der Waals surface area contributed by atoms with Crippen LogP contribution < -0.4 is 15.8 Å². The number of carbonyl (C=O) groups is 2. The summed E-state index contributed by atoms with van der Waals surface area (Å²) in [6, 6.07) is 9.78. The van der Waals surface area contributed by atoms with E-state index in [9.17, 15) is 31.2 Å². The zero-order valence-corrected chi connectivity index (χ0v) is 22.4. The van der Waals surface area contributed by atoms with Crippen LogP contribution in [0.3, 0.4) is 0 Å². The van der Waals surface area contributed by atoms with Crippen molar-refractivity contribution >= 4 is 34.3 Å². The summed E-state index contributed by atoms with van der Waals surface area (Å²) in [6.07, 6.45) is -3.10. The predicted octanol–water partition coefficient (Wildman–Crippen LogP) is 2.68. The number of esters is 1. The van der Waals surface area contributed by atoms with E-state index in [2.05, 4.69) is 10.0 Å². The number of carbonyl (C=O) groups excluding carboxylic acids is 2. The molecule has 1 saturated carbocycles. The van der Waals surface area contributed by atoms with Gasteiger partial charge in [0.1, 0.15) is 12.6 Å². The first-order valence-corrected chi connectivity index (χ1v) is 13.5. The summed E-state index contributed by atoms with van der Waals surface area (Å²) in [5, 5.41) is 11.9. The molecular formula is C25H31ClF3N3O6S. The first kappa shape index (κ1) is 32.5. The molecule has 1 fully saturated rings. The Morgan fingerprint density at radius 1 is 1.03 bits per heavy atom. The molecule has 9 nitrogen and oxygen atoms in total. The molecule has 1 aliphatic rings. The molecule has 0 aliphatic heterocycles. The van der Waals surface area contributed by atoms with Gasteiger partial charge >= 0.3 is 12.1 Å². The Hall–Kier alpha value is -2.71. The van der Waals surface area contributed by atoms with E-state index in [1.807, 2.05) is 0 Å². The van der Waals surface area contributed by atoms with E-state index in [4.69, 9.17) is 15.6 Å². The first-order valence-electron chi connectivity index (χ1n) is 12.0. The van der Waals surface area contributed by atoms with Gasteiger partial charge in [-0.05, 0) is 55.5 Å². The van der Waals surface area contributed by atoms with Gasteiger partial charge in [-0.15, -0.1) is 12.4 Å². The molecule has 1 amide bonds. The zero-order valence-electron chi connectivity index (χ0n) is 20.8. The van der Waals surface area contributed by atoms with Gasteiger partial charge in [-0.25, -0.2) is 13.1 Å². The molecule has 1 aliphatic carbocycles. The Labute approximate surface area is 230 Å². The monoisotopic (exact) mass is 593 g/mol. The molecule has 2 aromatic carbocycles. The summed E-state index contributed by atoms with van der Waals surface area (Å²) in [7, 11) is -4.03. The molecule has 2 aromatic rings. The predicted molar refractivity (Wildman–Crippen MR) is 138 cm³/mol. The molecule has 0 bridgehead atoms. The number of hydrogen-bond donors (Lipinski definition) is 4. The van der Waals surface area contributed by atoms with E-state index in [0.29, 0.717) is 43.4 Å². The van der Waals surface area contributed by atoms with E-state index in [1.54, 1.807) is 30.3 Å². The van der Waals surface area contributed by atoms with Crippen molar-refractivity contribution in [1.82, 2.24) is 10.0 Å². The van der Waals surface area contributed by atoms with Crippen molar-refractivity contribution in [2.75, 3.05) is 13.2 Å².